The highest BCUT2D eigenvalue weighted by molar-refractivity contribution is 5.93. The molecule has 0 spiro atoms. The van der Waals surface area contributed by atoms with Crippen LogP contribution in [0.15, 0.2) is 48.7 Å². The van der Waals surface area contributed by atoms with Crippen molar-refractivity contribution in [2.24, 2.45) is 5.92 Å². The summed E-state index contributed by atoms with van der Waals surface area (Å²) in [4.78, 5) is 3.33. The second kappa shape index (κ2) is 4.60. The van der Waals surface area contributed by atoms with Crippen molar-refractivity contribution in [1.29, 1.82) is 0 Å². The zero-order valence-electron chi connectivity index (χ0n) is 12.6. The monoisotopic (exact) mass is 294 g/mol. The van der Waals surface area contributed by atoms with Crippen LogP contribution in [0.3, 0.4) is 0 Å². The summed E-state index contributed by atoms with van der Waals surface area (Å²) in [5.41, 5.74) is 10.1. The third-order valence-electron chi connectivity index (χ3n) is 5.14. The van der Waals surface area contributed by atoms with Crippen molar-refractivity contribution < 1.29 is 4.39 Å². The van der Waals surface area contributed by atoms with Crippen molar-refractivity contribution >= 4 is 16.6 Å². The number of H-pyrrole nitrogens is 1. The quantitative estimate of drug-likeness (QED) is 0.681. The van der Waals surface area contributed by atoms with Gasteiger partial charge in [0.05, 0.1) is 11.2 Å². The van der Waals surface area contributed by atoms with Crippen LogP contribution in [0.2, 0.25) is 0 Å². The minimum atomic E-state index is -0.190. The Balaban J connectivity index is 1.95. The Morgan fingerprint density at radius 1 is 1.14 bits per heavy atom. The Hall–Kier alpha value is -2.29. The average molecular weight is 294 g/mol. The molecule has 1 aliphatic rings. The minimum absolute atomic E-state index is 0.111. The molecule has 1 atom stereocenters. The van der Waals surface area contributed by atoms with Crippen molar-refractivity contribution in [3.05, 3.63) is 65.6 Å². The normalized spacial score (nSPS) is 17.5. The van der Waals surface area contributed by atoms with Gasteiger partial charge >= 0.3 is 0 Å². The molecule has 0 radical (unpaired) electrons. The SMILES string of the molecule is C[C@@](c1ccc(F)cc1)(c1c[nH]c2c(N)cccc12)C1CC1. The van der Waals surface area contributed by atoms with Crippen LogP contribution >= 0.6 is 0 Å². The molecular formula is C19H19FN2. The van der Waals surface area contributed by atoms with Crippen LogP contribution < -0.4 is 5.73 Å². The van der Waals surface area contributed by atoms with E-state index in [1.807, 2.05) is 24.3 Å². The molecule has 1 aromatic heterocycles. The Labute approximate surface area is 129 Å². The summed E-state index contributed by atoms with van der Waals surface area (Å²) in [7, 11) is 0. The molecule has 0 bridgehead atoms. The number of nitrogens with two attached hydrogens (primary N) is 1. The van der Waals surface area contributed by atoms with Crippen LogP contribution in [0.1, 0.15) is 30.9 Å². The van der Waals surface area contributed by atoms with Crippen molar-refractivity contribution in [1.82, 2.24) is 4.98 Å². The summed E-state index contributed by atoms with van der Waals surface area (Å²) < 4.78 is 13.3. The molecule has 2 nitrogen and oxygen atoms in total. The molecule has 1 saturated carbocycles. The molecule has 3 aromatic rings. The van der Waals surface area contributed by atoms with E-state index in [2.05, 4.69) is 24.2 Å². The number of hydrogen-bond acceptors (Lipinski definition) is 1. The van der Waals surface area contributed by atoms with E-state index in [9.17, 15) is 4.39 Å². The number of aromatic nitrogens is 1. The fourth-order valence-electron chi connectivity index (χ4n) is 3.68. The summed E-state index contributed by atoms with van der Waals surface area (Å²) in [6.45, 7) is 2.27. The van der Waals surface area contributed by atoms with Crippen LogP contribution in [0.5, 0.6) is 0 Å². The van der Waals surface area contributed by atoms with E-state index in [4.69, 9.17) is 5.73 Å². The molecule has 112 valence electrons. The lowest BCUT2D eigenvalue weighted by molar-refractivity contribution is 0.497. The summed E-state index contributed by atoms with van der Waals surface area (Å²) in [5, 5.41) is 1.17. The Kier molecular flexibility index (Phi) is 2.80. The average Bonchev–Trinajstić information content (AvgIpc) is 3.27. The summed E-state index contributed by atoms with van der Waals surface area (Å²) in [6.07, 6.45) is 4.49. The maximum atomic E-state index is 13.3. The first-order valence-corrected chi connectivity index (χ1v) is 7.73. The van der Waals surface area contributed by atoms with Crippen molar-refractivity contribution in [3.8, 4) is 0 Å². The number of anilines is 1. The van der Waals surface area contributed by atoms with Gasteiger partial charge in [0.25, 0.3) is 0 Å². The standard InChI is InChI=1S/C19H19FN2/c1-19(12-5-6-12,13-7-9-14(20)10-8-13)16-11-22-18-15(16)3-2-4-17(18)21/h2-4,7-12,22H,5-6,21H2,1H3/t19-/m1/s1. The third-order valence-corrected chi connectivity index (χ3v) is 5.14. The molecule has 3 N–H and O–H groups in total. The molecule has 22 heavy (non-hydrogen) atoms. The highest BCUT2D eigenvalue weighted by atomic mass is 19.1. The van der Waals surface area contributed by atoms with Crippen molar-refractivity contribution in [2.45, 2.75) is 25.2 Å². The second-order valence-corrected chi connectivity index (χ2v) is 6.46. The molecule has 0 unspecified atom stereocenters. The maximum absolute atomic E-state index is 13.3. The topological polar surface area (TPSA) is 41.8 Å². The van der Waals surface area contributed by atoms with Gasteiger partial charge in [-0.05, 0) is 48.1 Å². The van der Waals surface area contributed by atoms with Gasteiger partial charge in [-0.1, -0.05) is 31.2 Å². The molecule has 2 aromatic carbocycles. The Morgan fingerprint density at radius 2 is 1.86 bits per heavy atom. The van der Waals surface area contributed by atoms with Crippen molar-refractivity contribution in [3.63, 3.8) is 0 Å². The number of nitrogen functional groups attached to an aromatic ring is 1. The molecule has 1 aliphatic carbocycles. The van der Waals surface area contributed by atoms with Gasteiger partial charge < -0.3 is 10.7 Å². The van der Waals surface area contributed by atoms with Gasteiger partial charge in [-0.25, -0.2) is 4.39 Å². The molecule has 1 heterocycles. The van der Waals surface area contributed by atoms with Gasteiger partial charge in [-0.3, -0.25) is 0 Å². The second-order valence-electron chi connectivity index (χ2n) is 6.46. The van der Waals surface area contributed by atoms with E-state index >= 15 is 0 Å². The van der Waals surface area contributed by atoms with Gasteiger partial charge in [-0.2, -0.15) is 0 Å². The predicted molar refractivity (Wildman–Crippen MR) is 88.3 cm³/mol. The highest BCUT2D eigenvalue weighted by Crippen LogP contribution is 2.52. The lowest BCUT2D eigenvalue weighted by Crippen LogP contribution is -2.26. The molecule has 0 amide bonds. The van der Waals surface area contributed by atoms with E-state index in [1.54, 1.807) is 12.1 Å². The summed E-state index contributed by atoms with van der Waals surface area (Å²) >= 11 is 0. The lowest BCUT2D eigenvalue weighted by atomic mass is 9.72. The first-order valence-electron chi connectivity index (χ1n) is 7.73. The maximum Gasteiger partial charge on any atom is 0.123 e. The van der Waals surface area contributed by atoms with Gasteiger partial charge in [0.1, 0.15) is 5.82 Å². The zero-order valence-corrected chi connectivity index (χ0v) is 12.6. The Bertz CT molecular complexity index is 830. The number of hydrogen-bond donors (Lipinski definition) is 2. The first kappa shape index (κ1) is 13.4. The van der Waals surface area contributed by atoms with Gasteiger partial charge in [0.15, 0.2) is 0 Å². The largest absolute Gasteiger partial charge is 0.397 e. The van der Waals surface area contributed by atoms with Crippen LogP contribution in [-0.4, -0.2) is 4.98 Å². The van der Waals surface area contributed by atoms with E-state index < -0.39 is 0 Å². The molecule has 0 aliphatic heterocycles. The number of para-hydroxylation sites is 1. The van der Waals surface area contributed by atoms with Crippen LogP contribution in [0.25, 0.3) is 10.9 Å². The molecule has 4 rings (SSSR count). The highest BCUT2D eigenvalue weighted by Gasteiger charge is 2.45. The number of halogens is 1. The van der Waals surface area contributed by atoms with Crippen LogP contribution in [0.4, 0.5) is 10.1 Å². The summed E-state index contributed by atoms with van der Waals surface area (Å²) in [5.74, 6) is 0.406. The van der Waals surface area contributed by atoms with E-state index in [0.717, 1.165) is 11.2 Å². The number of nitrogens with one attached hydrogen (secondary N) is 1. The smallest absolute Gasteiger partial charge is 0.123 e. The number of rotatable bonds is 3. The predicted octanol–water partition coefficient (Wildman–Crippen LogP) is 4.61. The van der Waals surface area contributed by atoms with Gasteiger partial charge in [0.2, 0.25) is 0 Å². The first-order chi connectivity index (χ1) is 10.6. The van der Waals surface area contributed by atoms with Gasteiger partial charge in [0, 0.05) is 17.0 Å². The molecule has 0 saturated heterocycles. The number of fused-ring (bicyclic) bond motifs is 1. The third kappa shape index (κ3) is 1.85. The lowest BCUT2D eigenvalue weighted by Gasteiger charge is -2.30. The van der Waals surface area contributed by atoms with Crippen LogP contribution in [-0.2, 0) is 5.41 Å². The Morgan fingerprint density at radius 3 is 2.55 bits per heavy atom. The van der Waals surface area contributed by atoms with E-state index in [-0.39, 0.29) is 11.2 Å². The number of aromatic amines is 1. The fourth-order valence-corrected chi connectivity index (χ4v) is 3.68. The molecule has 1 fully saturated rings. The van der Waals surface area contributed by atoms with E-state index in [0.29, 0.717) is 5.92 Å². The molecule has 3 heteroatoms. The van der Waals surface area contributed by atoms with Crippen LogP contribution in [0, 0.1) is 11.7 Å². The zero-order chi connectivity index (χ0) is 15.3. The number of benzene rings is 2. The van der Waals surface area contributed by atoms with Crippen molar-refractivity contribution in [2.75, 3.05) is 5.73 Å². The minimum Gasteiger partial charge on any atom is -0.397 e. The van der Waals surface area contributed by atoms with Gasteiger partial charge in [-0.15, -0.1) is 0 Å². The van der Waals surface area contributed by atoms with E-state index in [1.165, 1.54) is 29.4 Å². The fraction of sp³-hybridized carbons (Fsp3) is 0.263. The molecular weight excluding hydrogens is 275 g/mol. The summed E-state index contributed by atoms with van der Waals surface area (Å²) in [6, 6.07) is 13.0.